The maximum Gasteiger partial charge on any atom is 0.344 e. The lowest BCUT2D eigenvalue weighted by molar-refractivity contribution is -0.145. The lowest BCUT2D eigenvalue weighted by Gasteiger charge is -2.46. The topological polar surface area (TPSA) is 103 Å². The highest BCUT2D eigenvalue weighted by atomic mass is 16.5. The molecular formula is C31H37NO6. The molecule has 0 saturated heterocycles. The molecule has 5 atom stereocenters. The number of allylic oxidation sites excluding steroid dienone is 2. The Hall–Kier alpha value is -3.39. The van der Waals surface area contributed by atoms with Crippen LogP contribution in [-0.4, -0.2) is 50.6 Å². The van der Waals surface area contributed by atoms with Crippen molar-refractivity contribution < 1.29 is 29.3 Å². The Labute approximate surface area is 223 Å². The van der Waals surface area contributed by atoms with Crippen LogP contribution >= 0.6 is 0 Å². The number of ether oxygens (including phenoxy) is 1. The number of carboxylic acid groups (broad SMARTS) is 1. The number of carbonyl (C=O) groups is 1. The Balaban J connectivity index is 1.56. The normalized spacial score (nSPS) is 21.5. The molecule has 1 aromatic heterocycles. The second-order valence-corrected chi connectivity index (χ2v) is 9.95. The maximum absolute atomic E-state index is 12.0. The number of nitrogens with zero attached hydrogens (tertiary/aromatic N) is 1. The third-order valence-electron chi connectivity index (χ3n) is 7.30. The van der Waals surface area contributed by atoms with Gasteiger partial charge in [0.25, 0.3) is 0 Å². The van der Waals surface area contributed by atoms with Crippen LogP contribution in [0.3, 0.4) is 0 Å². The third kappa shape index (κ3) is 6.01. The van der Waals surface area contributed by atoms with Crippen LogP contribution in [0.2, 0.25) is 0 Å². The first-order valence-corrected chi connectivity index (χ1v) is 13.2. The molecule has 0 spiro atoms. The summed E-state index contributed by atoms with van der Waals surface area (Å²) < 4.78 is 11.5. The van der Waals surface area contributed by atoms with Crippen LogP contribution in [0.4, 0.5) is 0 Å². The highest BCUT2D eigenvalue weighted by Crippen LogP contribution is 2.35. The number of carboxylic acids is 1. The second-order valence-electron chi connectivity index (χ2n) is 9.95. The summed E-state index contributed by atoms with van der Waals surface area (Å²) in [6.07, 6.45) is 7.47. The predicted octanol–water partition coefficient (Wildman–Crippen LogP) is 5.48. The first kappa shape index (κ1) is 27.6. The Bertz CT molecular complexity index is 1250. The molecule has 1 heterocycles. The zero-order valence-corrected chi connectivity index (χ0v) is 22.2. The van der Waals surface area contributed by atoms with Gasteiger partial charge in [-0.1, -0.05) is 62.4 Å². The molecule has 7 nitrogen and oxygen atoms in total. The van der Waals surface area contributed by atoms with Crippen molar-refractivity contribution in [2.24, 2.45) is 5.92 Å². The van der Waals surface area contributed by atoms with Gasteiger partial charge in [-0.05, 0) is 62.1 Å². The van der Waals surface area contributed by atoms with E-state index in [9.17, 15) is 20.1 Å². The lowest BCUT2D eigenvalue weighted by atomic mass is 9.85. The summed E-state index contributed by atoms with van der Waals surface area (Å²) in [6.45, 7) is 6.01. The summed E-state index contributed by atoms with van der Waals surface area (Å²) in [7, 11) is 0. The summed E-state index contributed by atoms with van der Waals surface area (Å²) in [4.78, 5) is 13.2. The third-order valence-corrected chi connectivity index (χ3v) is 7.30. The van der Waals surface area contributed by atoms with E-state index in [4.69, 9.17) is 9.15 Å². The molecule has 202 valence electrons. The average Bonchev–Trinajstić information content (AvgIpc) is 3.35. The van der Waals surface area contributed by atoms with Crippen LogP contribution < -0.4 is 4.74 Å². The Kier molecular flexibility index (Phi) is 8.72. The number of hydrogen-bond donors (Lipinski definition) is 3. The van der Waals surface area contributed by atoms with Crippen LogP contribution in [0, 0.1) is 5.92 Å². The molecule has 1 aliphatic carbocycles. The van der Waals surface area contributed by atoms with E-state index in [-0.39, 0.29) is 18.5 Å². The number of aliphatic hydroxyl groups excluding tert-OH is 1. The molecule has 0 amide bonds. The number of hydrogen-bond acceptors (Lipinski definition) is 6. The molecule has 4 rings (SSSR count). The molecular weight excluding hydrogens is 482 g/mol. The van der Waals surface area contributed by atoms with Crippen molar-refractivity contribution in [1.29, 1.82) is 0 Å². The highest BCUT2D eigenvalue weighted by Gasteiger charge is 2.42. The van der Waals surface area contributed by atoms with Crippen molar-refractivity contribution in [3.05, 3.63) is 90.2 Å². The average molecular weight is 520 g/mol. The van der Waals surface area contributed by atoms with E-state index in [2.05, 4.69) is 0 Å². The van der Waals surface area contributed by atoms with Crippen molar-refractivity contribution in [2.75, 3.05) is 6.54 Å². The summed E-state index contributed by atoms with van der Waals surface area (Å²) >= 11 is 0. The minimum absolute atomic E-state index is 0.143. The molecule has 38 heavy (non-hydrogen) atoms. The minimum atomic E-state index is -1.28. The standard InChI is InChI=1S/C31H37NO6/c1-4-24-11-8-9-17-31(24,36)32(20-26(33)29-19-23-10-6-7-12-28(23)38-29)21(3)18-22-13-15-25(16-14-22)37-27(5-2)30(34)35/h6-17,19,21,24,26-27,33,36H,4-5,18,20H2,1-3H3,(H,34,35)/t21-,24-,26?,27?,31?/m1/s1. The van der Waals surface area contributed by atoms with E-state index in [1.807, 2.05) is 79.4 Å². The van der Waals surface area contributed by atoms with Gasteiger partial charge in [-0.15, -0.1) is 0 Å². The van der Waals surface area contributed by atoms with E-state index in [0.717, 1.165) is 17.4 Å². The van der Waals surface area contributed by atoms with Gasteiger partial charge in [0.05, 0.1) is 0 Å². The summed E-state index contributed by atoms with van der Waals surface area (Å²) in [5.74, 6) is -0.175. The molecule has 3 aromatic rings. The molecule has 0 aliphatic heterocycles. The Morgan fingerprint density at radius 1 is 1.13 bits per heavy atom. The molecule has 0 bridgehead atoms. The number of benzene rings is 2. The molecule has 0 saturated carbocycles. The zero-order valence-electron chi connectivity index (χ0n) is 22.2. The van der Waals surface area contributed by atoms with Crippen LogP contribution in [0.15, 0.2) is 83.3 Å². The van der Waals surface area contributed by atoms with Gasteiger partial charge < -0.3 is 24.5 Å². The molecule has 3 unspecified atom stereocenters. The van der Waals surface area contributed by atoms with E-state index < -0.39 is 23.9 Å². The first-order valence-electron chi connectivity index (χ1n) is 13.2. The molecule has 0 radical (unpaired) electrons. The van der Waals surface area contributed by atoms with Crippen LogP contribution in [-0.2, 0) is 11.2 Å². The smallest absolute Gasteiger partial charge is 0.344 e. The fourth-order valence-electron chi connectivity index (χ4n) is 5.16. The Morgan fingerprint density at radius 3 is 2.53 bits per heavy atom. The number of aliphatic carboxylic acids is 1. The maximum atomic E-state index is 12.0. The van der Waals surface area contributed by atoms with Gasteiger partial charge in [0.1, 0.15) is 28.9 Å². The largest absolute Gasteiger partial charge is 0.479 e. The van der Waals surface area contributed by atoms with Gasteiger partial charge in [-0.2, -0.15) is 0 Å². The minimum Gasteiger partial charge on any atom is -0.479 e. The highest BCUT2D eigenvalue weighted by molar-refractivity contribution is 5.77. The lowest BCUT2D eigenvalue weighted by Crippen LogP contribution is -2.58. The van der Waals surface area contributed by atoms with Crippen LogP contribution in [0.25, 0.3) is 11.0 Å². The number of furan rings is 1. The van der Waals surface area contributed by atoms with Gasteiger partial charge in [0.2, 0.25) is 0 Å². The monoisotopic (exact) mass is 519 g/mol. The molecule has 1 aliphatic rings. The second kappa shape index (κ2) is 12.0. The summed E-state index contributed by atoms with van der Waals surface area (Å²) in [5, 5.41) is 33.4. The molecule has 0 fully saturated rings. The first-order chi connectivity index (χ1) is 18.2. The van der Waals surface area contributed by atoms with Gasteiger partial charge in [-0.25, -0.2) is 4.79 Å². The van der Waals surface area contributed by atoms with E-state index in [0.29, 0.717) is 29.9 Å². The van der Waals surface area contributed by atoms with Crippen LogP contribution in [0.5, 0.6) is 5.75 Å². The SMILES string of the molecule is CCC(Oc1ccc(C[C@@H](C)N(CC(O)c2cc3ccccc3o2)C2(O)C=CC=C[C@H]2CC)cc1)C(=O)O. The molecule has 2 aromatic carbocycles. The molecule has 7 heteroatoms. The van der Waals surface area contributed by atoms with E-state index >= 15 is 0 Å². The summed E-state index contributed by atoms with van der Waals surface area (Å²) in [5.41, 5.74) is 0.431. The Morgan fingerprint density at radius 2 is 1.87 bits per heavy atom. The fraction of sp³-hybridized carbons (Fsp3) is 0.387. The molecule has 3 N–H and O–H groups in total. The zero-order chi connectivity index (χ0) is 27.3. The van der Waals surface area contributed by atoms with E-state index in [1.165, 1.54) is 0 Å². The fourth-order valence-corrected chi connectivity index (χ4v) is 5.16. The van der Waals surface area contributed by atoms with Crippen molar-refractivity contribution in [1.82, 2.24) is 4.90 Å². The van der Waals surface area contributed by atoms with Crippen LogP contribution in [0.1, 0.15) is 51.0 Å². The van der Waals surface area contributed by atoms with Crippen molar-refractivity contribution in [3.8, 4) is 5.75 Å². The van der Waals surface area contributed by atoms with E-state index in [1.54, 1.807) is 25.1 Å². The van der Waals surface area contributed by atoms with Crippen molar-refractivity contribution in [2.45, 2.75) is 64.0 Å². The van der Waals surface area contributed by atoms with Gasteiger partial charge in [-0.3, -0.25) is 4.90 Å². The van der Waals surface area contributed by atoms with Gasteiger partial charge in [0, 0.05) is 23.9 Å². The van der Waals surface area contributed by atoms with Gasteiger partial charge >= 0.3 is 5.97 Å². The number of rotatable bonds is 12. The van der Waals surface area contributed by atoms with Gasteiger partial charge in [0.15, 0.2) is 6.10 Å². The van der Waals surface area contributed by atoms with Crippen molar-refractivity contribution >= 4 is 16.9 Å². The number of fused-ring (bicyclic) bond motifs is 1. The predicted molar refractivity (Wildman–Crippen MR) is 147 cm³/mol. The van der Waals surface area contributed by atoms with Crippen molar-refractivity contribution in [3.63, 3.8) is 0 Å². The summed E-state index contributed by atoms with van der Waals surface area (Å²) in [6, 6.07) is 16.7. The quantitative estimate of drug-likeness (QED) is 0.272. The number of aliphatic hydroxyl groups is 2. The number of para-hydroxylation sites is 1.